The predicted molar refractivity (Wildman–Crippen MR) is 112 cm³/mol. The molecule has 0 aliphatic heterocycles. The van der Waals surface area contributed by atoms with Crippen LogP contribution in [0.1, 0.15) is 18.1 Å². The lowest BCUT2D eigenvalue weighted by atomic mass is 10.2. The third kappa shape index (κ3) is 6.49. The van der Waals surface area contributed by atoms with Gasteiger partial charge in [-0.1, -0.05) is 6.07 Å². The monoisotopic (exact) mass is 458 g/mol. The van der Waals surface area contributed by atoms with E-state index in [4.69, 9.17) is 9.47 Å². The van der Waals surface area contributed by atoms with Crippen molar-refractivity contribution in [3.05, 3.63) is 47.8 Å². The molecule has 25 heavy (non-hydrogen) atoms. The number of ether oxygens (including phenoxy) is 2. The molecule has 1 heterocycles. The molecule has 0 radical (unpaired) electrons. The molecule has 6 nitrogen and oxygen atoms in total. The number of aromatic nitrogens is 1. The first-order valence-electron chi connectivity index (χ1n) is 8.01. The van der Waals surface area contributed by atoms with E-state index in [2.05, 4.69) is 27.9 Å². The molecule has 0 fully saturated rings. The number of aliphatic imine (C=N–C) groups is 1. The SMILES string of the molecule is CCOc1cc(CNC(=NC)NCc2ccn(C)c2)ccc1OC.I. The summed E-state index contributed by atoms with van der Waals surface area (Å²) in [7, 11) is 5.42. The molecule has 2 rings (SSSR count). The molecule has 138 valence electrons. The predicted octanol–water partition coefficient (Wildman–Crippen LogP) is 2.92. The summed E-state index contributed by atoms with van der Waals surface area (Å²) < 4.78 is 12.9. The molecule has 1 aromatic heterocycles. The maximum absolute atomic E-state index is 5.61. The van der Waals surface area contributed by atoms with Crippen LogP contribution in [0.5, 0.6) is 11.5 Å². The standard InChI is InChI=1S/C18H26N4O2.HI/c1-5-24-17-10-14(6-7-16(17)23-4)11-20-18(19-2)21-12-15-8-9-22(3)13-15;/h6-10,13H,5,11-12H2,1-4H3,(H2,19,20,21);1H. The Morgan fingerprint density at radius 1 is 1.12 bits per heavy atom. The molecule has 0 saturated heterocycles. The van der Waals surface area contributed by atoms with Crippen LogP contribution in [0.4, 0.5) is 0 Å². The Kier molecular flexibility index (Phi) is 9.18. The zero-order valence-electron chi connectivity index (χ0n) is 15.2. The highest BCUT2D eigenvalue weighted by atomic mass is 127. The van der Waals surface area contributed by atoms with Crippen molar-refractivity contribution in [3.63, 3.8) is 0 Å². The van der Waals surface area contributed by atoms with Gasteiger partial charge in [0.1, 0.15) is 0 Å². The van der Waals surface area contributed by atoms with Crippen LogP contribution in [0, 0.1) is 0 Å². The lowest BCUT2D eigenvalue weighted by Crippen LogP contribution is -2.36. The Bertz CT molecular complexity index is 685. The Morgan fingerprint density at radius 2 is 1.84 bits per heavy atom. The van der Waals surface area contributed by atoms with E-state index in [-0.39, 0.29) is 24.0 Å². The fraction of sp³-hybridized carbons (Fsp3) is 0.389. The van der Waals surface area contributed by atoms with Crippen molar-refractivity contribution in [3.8, 4) is 11.5 Å². The van der Waals surface area contributed by atoms with Gasteiger partial charge in [0, 0.05) is 39.6 Å². The Morgan fingerprint density at radius 3 is 2.40 bits per heavy atom. The molecule has 1 aromatic carbocycles. The van der Waals surface area contributed by atoms with Crippen LogP contribution in [0.3, 0.4) is 0 Å². The second kappa shape index (κ2) is 10.9. The molecular weight excluding hydrogens is 431 g/mol. The smallest absolute Gasteiger partial charge is 0.191 e. The van der Waals surface area contributed by atoms with Crippen molar-refractivity contribution >= 4 is 29.9 Å². The van der Waals surface area contributed by atoms with Gasteiger partial charge >= 0.3 is 0 Å². The summed E-state index contributed by atoms with van der Waals surface area (Å²) in [4.78, 5) is 4.25. The molecule has 2 aromatic rings. The van der Waals surface area contributed by atoms with Crippen molar-refractivity contribution in [1.29, 1.82) is 0 Å². The molecule has 0 unspecified atom stereocenters. The maximum atomic E-state index is 5.61. The summed E-state index contributed by atoms with van der Waals surface area (Å²) in [6.45, 7) is 3.94. The molecule has 7 heteroatoms. The van der Waals surface area contributed by atoms with Gasteiger partial charge in [-0.3, -0.25) is 4.99 Å². The minimum atomic E-state index is 0. The van der Waals surface area contributed by atoms with Crippen LogP contribution in [0.15, 0.2) is 41.7 Å². The average molecular weight is 458 g/mol. The number of halogens is 1. The van der Waals surface area contributed by atoms with Crippen LogP contribution in [0.2, 0.25) is 0 Å². The largest absolute Gasteiger partial charge is 0.493 e. The summed E-state index contributed by atoms with van der Waals surface area (Å²) in [6.07, 6.45) is 4.11. The first-order valence-corrected chi connectivity index (χ1v) is 8.01. The zero-order chi connectivity index (χ0) is 17.4. The molecule has 0 bridgehead atoms. The number of guanidine groups is 1. The van der Waals surface area contributed by atoms with Gasteiger partial charge in [-0.15, -0.1) is 24.0 Å². The van der Waals surface area contributed by atoms with Gasteiger partial charge in [0.05, 0.1) is 13.7 Å². The Hall–Kier alpha value is -1.90. The van der Waals surface area contributed by atoms with Crippen molar-refractivity contribution in [2.45, 2.75) is 20.0 Å². The van der Waals surface area contributed by atoms with Crippen molar-refractivity contribution in [1.82, 2.24) is 15.2 Å². The highest BCUT2D eigenvalue weighted by molar-refractivity contribution is 14.0. The molecule has 0 saturated carbocycles. The fourth-order valence-corrected chi connectivity index (χ4v) is 2.36. The summed E-state index contributed by atoms with van der Waals surface area (Å²) in [6, 6.07) is 8.00. The topological polar surface area (TPSA) is 59.8 Å². The minimum Gasteiger partial charge on any atom is -0.493 e. The first kappa shape index (κ1) is 21.1. The number of rotatable bonds is 7. The summed E-state index contributed by atoms with van der Waals surface area (Å²) in [5.41, 5.74) is 2.31. The van der Waals surface area contributed by atoms with Crippen molar-refractivity contribution in [2.75, 3.05) is 20.8 Å². The summed E-state index contributed by atoms with van der Waals surface area (Å²) in [5.74, 6) is 2.26. The van der Waals surface area contributed by atoms with Gasteiger partial charge in [-0.25, -0.2) is 0 Å². The number of nitrogens with zero attached hydrogens (tertiary/aromatic N) is 2. The molecule has 0 atom stereocenters. The van der Waals surface area contributed by atoms with E-state index in [1.54, 1.807) is 14.2 Å². The normalized spacial score (nSPS) is 10.8. The highest BCUT2D eigenvalue weighted by Gasteiger charge is 2.06. The van der Waals surface area contributed by atoms with Crippen LogP contribution in [0.25, 0.3) is 0 Å². The molecule has 0 aliphatic carbocycles. The Balaban J connectivity index is 0.00000312. The molecule has 2 N–H and O–H groups in total. The van der Waals surface area contributed by atoms with Crippen LogP contribution >= 0.6 is 24.0 Å². The number of hydrogen-bond donors (Lipinski definition) is 2. The van der Waals surface area contributed by atoms with E-state index in [0.29, 0.717) is 13.2 Å². The van der Waals surface area contributed by atoms with Gasteiger partial charge in [-0.05, 0) is 36.2 Å². The zero-order valence-corrected chi connectivity index (χ0v) is 17.5. The summed E-state index contributed by atoms with van der Waals surface area (Å²) in [5, 5.41) is 6.61. The third-order valence-electron chi connectivity index (χ3n) is 3.56. The number of benzene rings is 1. The number of hydrogen-bond acceptors (Lipinski definition) is 3. The first-order chi connectivity index (χ1) is 11.7. The van der Waals surface area contributed by atoms with E-state index in [1.807, 2.05) is 42.9 Å². The maximum Gasteiger partial charge on any atom is 0.191 e. The number of nitrogens with one attached hydrogen (secondary N) is 2. The Labute approximate surface area is 166 Å². The van der Waals surface area contributed by atoms with Crippen molar-refractivity contribution in [2.24, 2.45) is 12.0 Å². The molecule has 0 amide bonds. The second-order valence-corrected chi connectivity index (χ2v) is 5.38. The lowest BCUT2D eigenvalue weighted by molar-refractivity contribution is 0.310. The van der Waals surface area contributed by atoms with Gasteiger partial charge in [-0.2, -0.15) is 0 Å². The molecular formula is C18H27IN4O2. The van der Waals surface area contributed by atoms with E-state index in [0.717, 1.165) is 29.6 Å². The fourth-order valence-electron chi connectivity index (χ4n) is 2.36. The van der Waals surface area contributed by atoms with E-state index >= 15 is 0 Å². The molecule has 0 spiro atoms. The van der Waals surface area contributed by atoms with Gasteiger partial charge in [0.15, 0.2) is 17.5 Å². The van der Waals surface area contributed by atoms with Crippen LogP contribution < -0.4 is 20.1 Å². The van der Waals surface area contributed by atoms with Gasteiger partial charge in [0.25, 0.3) is 0 Å². The second-order valence-electron chi connectivity index (χ2n) is 5.38. The highest BCUT2D eigenvalue weighted by Crippen LogP contribution is 2.27. The quantitative estimate of drug-likeness (QED) is 0.381. The molecule has 0 aliphatic rings. The van der Waals surface area contributed by atoms with Gasteiger partial charge < -0.3 is 24.7 Å². The van der Waals surface area contributed by atoms with Crippen molar-refractivity contribution < 1.29 is 9.47 Å². The van der Waals surface area contributed by atoms with Crippen LogP contribution in [-0.4, -0.2) is 31.3 Å². The average Bonchev–Trinajstić information content (AvgIpc) is 3.01. The van der Waals surface area contributed by atoms with Gasteiger partial charge in [0.2, 0.25) is 0 Å². The number of methoxy groups -OCH3 is 1. The summed E-state index contributed by atoms with van der Waals surface area (Å²) >= 11 is 0. The minimum absolute atomic E-state index is 0. The van der Waals surface area contributed by atoms with E-state index in [1.165, 1.54) is 5.56 Å². The van der Waals surface area contributed by atoms with E-state index in [9.17, 15) is 0 Å². The lowest BCUT2D eigenvalue weighted by Gasteiger charge is -2.14. The number of aryl methyl sites for hydroxylation is 1. The van der Waals surface area contributed by atoms with E-state index < -0.39 is 0 Å². The van der Waals surface area contributed by atoms with Crippen LogP contribution in [-0.2, 0) is 20.1 Å². The third-order valence-corrected chi connectivity index (χ3v) is 3.56.